The van der Waals surface area contributed by atoms with Gasteiger partial charge in [0.2, 0.25) is 5.91 Å². The van der Waals surface area contributed by atoms with Crippen LogP contribution in [0.15, 0.2) is 54.6 Å². The summed E-state index contributed by atoms with van der Waals surface area (Å²) in [7, 11) is 0. The third kappa shape index (κ3) is 2.86. The topological polar surface area (TPSA) is 86.7 Å². The molecular formula is C21H20N2O4S. The van der Waals surface area contributed by atoms with Gasteiger partial charge in [0.05, 0.1) is 0 Å². The summed E-state index contributed by atoms with van der Waals surface area (Å²) in [6, 6.07) is 14.0. The van der Waals surface area contributed by atoms with Gasteiger partial charge in [-0.3, -0.25) is 9.59 Å². The van der Waals surface area contributed by atoms with Crippen molar-refractivity contribution in [2.24, 2.45) is 0 Å². The molecule has 2 N–H and O–H groups in total. The van der Waals surface area contributed by atoms with Crippen LogP contribution in [0, 0.1) is 0 Å². The van der Waals surface area contributed by atoms with Gasteiger partial charge in [-0.15, -0.1) is 11.8 Å². The fourth-order valence-corrected chi connectivity index (χ4v) is 5.55. The average molecular weight is 396 g/mol. The van der Waals surface area contributed by atoms with E-state index in [9.17, 15) is 19.5 Å². The van der Waals surface area contributed by atoms with Crippen LogP contribution in [0.4, 0.5) is 0 Å². The maximum absolute atomic E-state index is 13.2. The van der Waals surface area contributed by atoms with Gasteiger partial charge in [0, 0.05) is 10.3 Å². The molecule has 2 aliphatic rings. The first kappa shape index (κ1) is 18.6. The van der Waals surface area contributed by atoms with E-state index < -0.39 is 28.7 Å². The van der Waals surface area contributed by atoms with Crippen LogP contribution in [0.1, 0.15) is 46.7 Å². The highest BCUT2D eigenvalue weighted by Crippen LogP contribution is 2.56. The molecule has 0 spiro atoms. The van der Waals surface area contributed by atoms with E-state index in [1.54, 1.807) is 59.1 Å². The van der Waals surface area contributed by atoms with Gasteiger partial charge in [0.1, 0.15) is 11.4 Å². The molecule has 0 bridgehead atoms. The Hall–Kier alpha value is -2.80. The summed E-state index contributed by atoms with van der Waals surface area (Å²) < 4.78 is -0.558. The Morgan fingerprint density at radius 2 is 1.75 bits per heavy atom. The summed E-state index contributed by atoms with van der Waals surface area (Å²) in [5.41, 5.74) is 1.99. The van der Waals surface area contributed by atoms with Crippen LogP contribution in [0.5, 0.6) is 0 Å². The van der Waals surface area contributed by atoms with E-state index in [-0.39, 0.29) is 11.3 Å². The van der Waals surface area contributed by atoms with Crippen molar-refractivity contribution in [1.29, 1.82) is 0 Å². The molecule has 0 aliphatic carbocycles. The number of fused-ring (bicyclic) bond motifs is 3. The molecule has 2 aliphatic heterocycles. The second kappa shape index (κ2) is 6.67. The van der Waals surface area contributed by atoms with Crippen molar-refractivity contribution < 1.29 is 19.5 Å². The molecule has 3 unspecified atom stereocenters. The standard InChI is InChI=1S/C21H20N2O4S/c1-21(2)16(17(24)22-15(20(26)27)12-8-4-3-5-9-12)23-18(25)13-10-6-7-11-14(13)19(23)28-21/h3-11,15-16,19H,1-2H3,(H,22,24)(H,26,27). The number of amides is 2. The molecule has 2 aromatic carbocycles. The second-order valence-electron chi connectivity index (χ2n) is 7.47. The van der Waals surface area contributed by atoms with E-state index in [2.05, 4.69) is 5.32 Å². The predicted molar refractivity (Wildman–Crippen MR) is 106 cm³/mol. The first-order valence-corrected chi connectivity index (χ1v) is 9.87. The van der Waals surface area contributed by atoms with Crippen LogP contribution in [-0.2, 0) is 9.59 Å². The third-order valence-electron chi connectivity index (χ3n) is 5.21. The van der Waals surface area contributed by atoms with Crippen molar-refractivity contribution in [1.82, 2.24) is 10.2 Å². The zero-order valence-electron chi connectivity index (χ0n) is 15.5. The summed E-state index contributed by atoms with van der Waals surface area (Å²) in [6.07, 6.45) is 0. The number of benzene rings is 2. The molecule has 2 heterocycles. The van der Waals surface area contributed by atoms with Gasteiger partial charge < -0.3 is 15.3 Å². The maximum atomic E-state index is 13.2. The molecule has 2 aromatic rings. The van der Waals surface area contributed by atoms with Gasteiger partial charge in [-0.2, -0.15) is 0 Å². The van der Waals surface area contributed by atoms with E-state index in [0.717, 1.165) is 5.56 Å². The number of hydrogen-bond acceptors (Lipinski definition) is 4. The minimum absolute atomic E-state index is 0.189. The van der Waals surface area contributed by atoms with Crippen LogP contribution in [0.25, 0.3) is 0 Å². The van der Waals surface area contributed by atoms with Gasteiger partial charge in [-0.05, 0) is 31.0 Å². The lowest BCUT2D eigenvalue weighted by molar-refractivity contribution is -0.142. The summed E-state index contributed by atoms with van der Waals surface area (Å²) in [5, 5.41) is 12.0. The quantitative estimate of drug-likeness (QED) is 0.830. The SMILES string of the molecule is CC1(C)SC2c3ccccc3C(=O)N2C1C(=O)NC(C(=O)O)c1ccccc1. The van der Waals surface area contributed by atoms with Crippen molar-refractivity contribution in [3.05, 3.63) is 71.3 Å². The van der Waals surface area contributed by atoms with E-state index in [0.29, 0.717) is 11.1 Å². The van der Waals surface area contributed by atoms with E-state index >= 15 is 0 Å². The molecule has 0 radical (unpaired) electrons. The molecule has 7 heteroatoms. The number of carbonyl (C=O) groups excluding carboxylic acids is 2. The number of carboxylic acid groups (broad SMARTS) is 1. The van der Waals surface area contributed by atoms with Gasteiger partial charge in [-0.1, -0.05) is 48.5 Å². The number of nitrogens with zero attached hydrogens (tertiary/aromatic N) is 1. The number of aliphatic carboxylic acids is 1. The van der Waals surface area contributed by atoms with Crippen molar-refractivity contribution in [2.75, 3.05) is 0 Å². The molecule has 1 fully saturated rings. The zero-order chi connectivity index (χ0) is 20.1. The van der Waals surface area contributed by atoms with Gasteiger partial charge in [0.15, 0.2) is 6.04 Å². The van der Waals surface area contributed by atoms with Crippen molar-refractivity contribution in [3.63, 3.8) is 0 Å². The molecule has 1 saturated heterocycles. The molecule has 0 saturated carbocycles. The summed E-state index contributed by atoms with van der Waals surface area (Å²) in [6.45, 7) is 3.82. The fraction of sp³-hybridized carbons (Fsp3) is 0.286. The first-order chi connectivity index (χ1) is 13.3. The summed E-state index contributed by atoms with van der Waals surface area (Å²) >= 11 is 1.55. The molecule has 0 aromatic heterocycles. The highest BCUT2D eigenvalue weighted by Gasteiger charge is 2.57. The van der Waals surface area contributed by atoms with Gasteiger partial charge in [0.25, 0.3) is 5.91 Å². The monoisotopic (exact) mass is 396 g/mol. The Balaban J connectivity index is 1.65. The number of thioether (sulfide) groups is 1. The Bertz CT molecular complexity index is 960. The average Bonchev–Trinajstić information content (AvgIpc) is 3.10. The van der Waals surface area contributed by atoms with Crippen LogP contribution in [0.2, 0.25) is 0 Å². The lowest BCUT2D eigenvalue weighted by Gasteiger charge is -2.30. The van der Waals surface area contributed by atoms with E-state index in [1.165, 1.54) is 0 Å². The van der Waals surface area contributed by atoms with Crippen molar-refractivity contribution >= 4 is 29.5 Å². The highest BCUT2D eigenvalue weighted by molar-refractivity contribution is 8.01. The predicted octanol–water partition coefficient (Wildman–Crippen LogP) is 2.98. The van der Waals surface area contributed by atoms with Crippen LogP contribution >= 0.6 is 11.8 Å². The molecular weight excluding hydrogens is 376 g/mol. The van der Waals surface area contributed by atoms with E-state index in [4.69, 9.17) is 0 Å². The Labute approximate surface area is 166 Å². The lowest BCUT2D eigenvalue weighted by Crippen LogP contribution is -2.53. The summed E-state index contributed by atoms with van der Waals surface area (Å²) in [5.74, 6) is -1.79. The van der Waals surface area contributed by atoms with E-state index in [1.807, 2.05) is 26.0 Å². The Morgan fingerprint density at radius 3 is 2.43 bits per heavy atom. The van der Waals surface area contributed by atoms with Crippen LogP contribution < -0.4 is 5.32 Å². The minimum Gasteiger partial charge on any atom is -0.479 e. The van der Waals surface area contributed by atoms with Crippen molar-refractivity contribution in [2.45, 2.75) is 36.1 Å². The molecule has 144 valence electrons. The van der Waals surface area contributed by atoms with Gasteiger partial charge in [-0.25, -0.2) is 4.79 Å². The molecule has 6 nitrogen and oxygen atoms in total. The number of carboxylic acids is 1. The zero-order valence-corrected chi connectivity index (χ0v) is 16.3. The lowest BCUT2D eigenvalue weighted by atomic mass is 9.99. The molecule has 2 amide bonds. The Kier molecular flexibility index (Phi) is 4.42. The van der Waals surface area contributed by atoms with Crippen LogP contribution in [-0.4, -0.2) is 38.6 Å². The minimum atomic E-state index is -1.17. The van der Waals surface area contributed by atoms with Crippen LogP contribution in [0.3, 0.4) is 0 Å². The largest absolute Gasteiger partial charge is 0.479 e. The smallest absolute Gasteiger partial charge is 0.330 e. The summed E-state index contributed by atoms with van der Waals surface area (Å²) in [4.78, 5) is 39.6. The highest BCUT2D eigenvalue weighted by atomic mass is 32.2. The fourth-order valence-electron chi connectivity index (χ4n) is 3.96. The number of rotatable bonds is 4. The maximum Gasteiger partial charge on any atom is 0.330 e. The first-order valence-electron chi connectivity index (χ1n) is 8.99. The number of carbonyl (C=O) groups is 3. The number of nitrogens with one attached hydrogen (secondary N) is 1. The number of hydrogen-bond donors (Lipinski definition) is 2. The molecule has 28 heavy (non-hydrogen) atoms. The van der Waals surface area contributed by atoms with Crippen molar-refractivity contribution in [3.8, 4) is 0 Å². The second-order valence-corrected chi connectivity index (χ2v) is 9.20. The molecule has 3 atom stereocenters. The van der Waals surface area contributed by atoms with Gasteiger partial charge >= 0.3 is 5.97 Å². The Morgan fingerprint density at radius 1 is 1.11 bits per heavy atom. The molecule has 4 rings (SSSR count). The third-order valence-corrected chi connectivity index (χ3v) is 6.75. The normalized spacial score (nSPS) is 23.1.